The van der Waals surface area contributed by atoms with Gasteiger partial charge in [0.2, 0.25) is 5.91 Å². The van der Waals surface area contributed by atoms with E-state index in [1.165, 1.54) is 32.1 Å². The largest absolute Gasteiger partial charge is 0.396 e. The first kappa shape index (κ1) is 25.5. The van der Waals surface area contributed by atoms with Gasteiger partial charge in [0, 0.05) is 63.2 Å². The number of pyridine rings is 1. The van der Waals surface area contributed by atoms with Gasteiger partial charge in [0.25, 0.3) is 0 Å². The zero-order valence-corrected chi connectivity index (χ0v) is 19.8. The van der Waals surface area contributed by atoms with Crippen molar-refractivity contribution in [2.24, 2.45) is 16.8 Å². The molecule has 174 valence electrons. The lowest BCUT2D eigenvalue weighted by atomic mass is 9.80. The SMILES string of the molecule is CCN(CCN(C)C)C(=O)CCCc1cc(C=NCC(CO)C2CCCCC2)ccn1. The van der Waals surface area contributed by atoms with Crippen LogP contribution in [0.15, 0.2) is 23.3 Å². The van der Waals surface area contributed by atoms with E-state index in [2.05, 4.69) is 20.9 Å². The molecule has 1 atom stereocenters. The van der Waals surface area contributed by atoms with Crippen LogP contribution in [0, 0.1) is 11.8 Å². The molecule has 0 bridgehead atoms. The van der Waals surface area contributed by atoms with Crippen LogP contribution in [0.4, 0.5) is 0 Å². The molecule has 1 amide bonds. The van der Waals surface area contributed by atoms with Gasteiger partial charge in [0.1, 0.15) is 0 Å². The number of rotatable bonds is 13. The average molecular weight is 431 g/mol. The molecule has 6 nitrogen and oxygen atoms in total. The van der Waals surface area contributed by atoms with E-state index >= 15 is 0 Å². The van der Waals surface area contributed by atoms with Crippen molar-refractivity contribution in [3.63, 3.8) is 0 Å². The molecule has 31 heavy (non-hydrogen) atoms. The van der Waals surface area contributed by atoms with Crippen molar-refractivity contribution < 1.29 is 9.90 Å². The quantitative estimate of drug-likeness (QED) is 0.487. The average Bonchev–Trinajstić information content (AvgIpc) is 2.78. The molecule has 0 aromatic carbocycles. The summed E-state index contributed by atoms with van der Waals surface area (Å²) in [5.41, 5.74) is 2.04. The number of nitrogens with zero attached hydrogens (tertiary/aromatic N) is 4. The summed E-state index contributed by atoms with van der Waals surface area (Å²) in [5, 5.41) is 9.76. The van der Waals surface area contributed by atoms with E-state index in [-0.39, 0.29) is 18.4 Å². The Morgan fingerprint density at radius 2 is 2.06 bits per heavy atom. The van der Waals surface area contributed by atoms with Crippen LogP contribution < -0.4 is 0 Å². The first-order valence-corrected chi connectivity index (χ1v) is 12.0. The number of aliphatic imine (C=N–C) groups is 1. The number of hydrogen-bond donors (Lipinski definition) is 1. The molecule has 0 spiro atoms. The van der Waals surface area contributed by atoms with E-state index in [0.717, 1.165) is 43.7 Å². The zero-order valence-electron chi connectivity index (χ0n) is 19.8. The fourth-order valence-corrected chi connectivity index (χ4v) is 4.33. The standard InChI is InChI=1S/C25H42N4O2/c1-4-29(16-15-28(2)3)25(31)12-8-11-24-17-21(13-14-27-24)18-26-19-23(20-30)22-9-6-5-7-10-22/h13-14,17-18,22-23,30H,4-12,15-16,19-20H2,1-3H3. The summed E-state index contributed by atoms with van der Waals surface area (Å²) in [4.78, 5) is 25.6. The number of hydrogen-bond acceptors (Lipinski definition) is 5. The van der Waals surface area contributed by atoms with Crippen molar-refractivity contribution in [2.45, 2.75) is 58.3 Å². The maximum atomic E-state index is 12.5. The monoisotopic (exact) mass is 430 g/mol. The highest BCUT2D eigenvalue weighted by atomic mass is 16.3. The van der Waals surface area contributed by atoms with Crippen molar-refractivity contribution in [3.8, 4) is 0 Å². The molecule has 6 heteroatoms. The van der Waals surface area contributed by atoms with Crippen molar-refractivity contribution in [1.29, 1.82) is 0 Å². The maximum Gasteiger partial charge on any atom is 0.222 e. The molecule has 1 saturated carbocycles. The predicted molar refractivity (Wildman–Crippen MR) is 128 cm³/mol. The number of aliphatic hydroxyl groups excluding tert-OH is 1. The minimum Gasteiger partial charge on any atom is -0.396 e. The summed E-state index contributed by atoms with van der Waals surface area (Å²) < 4.78 is 0. The van der Waals surface area contributed by atoms with Crippen LogP contribution in [-0.2, 0) is 11.2 Å². The lowest BCUT2D eigenvalue weighted by molar-refractivity contribution is -0.131. The molecular weight excluding hydrogens is 388 g/mol. The highest BCUT2D eigenvalue weighted by molar-refractivity contribution is 5.79. The third-order valence-electron chi connectivity index (χ3n) is 6.35. The van der Waals surface area contributed by atoms with Gasteiger partial charge in [-0.25, -0.2) is 0 Å². The Morgan fingerprint density at radius 3 is 2.74 bits per heavy atom. The fraction of sp³-hybridized carbons (Fsp3) is 0.720. The predicted octanol–water partition coefficient (Wildman–Crippen LogP) is 3.42. The molecule has 1 aromatic heterocycles. The number of carbonyl (C=O) groups is 1. The Balaban J connectivity index is 1.79. The van der Waals surface area contributed by atoms with E-state index in [9.17, 15) is 9.90 Å². The number of carbonyl (C=O) groups excluding carboxylic acids is 1. The molecule has 1 aliphatic rings. The third kappa shape index (κ3) is 9.48. The molecule has 0 saturated heterocycles. The molecule has 1 heterocycles. The van der Waals surface area contributed by atoms with Crippen molar-refractivity contribution in [1.82, 2.24) is 14.8 Å². The van der Waals surface area contributed by atoms with Gasteiger partial charge in [0.15, 0.2) is 0 Å². The van der Waals surface area contributed by atoms with Gasteiger partial charge in [-0.3, -0.25) is 14.8 Å². The highest BCUT2D eigenvalue weighted by Crippen LogP contribution is 2.30. The summed E-state index contributed by atoms with van der Waals surface area (Å²) >= 11 is 0. The van der Waals surface area contributed by atoms with Gasteiger partial charge >= 0.3 is 0 Å². The second-order valence-corrected chi connectivity index (χ2v) is 9.05. The molecule has 1 N–H and O–H groups in total. The summed E-state index contributed by atoms with van der Waals surface area (Å²) in [6, 6.07) is 4.03. The van der Waals surface area contributed by atoms with Crippen LogP contribution in [0.2, 0.25) is 0 Å². The Hall–Kier alpha value is -1.79. The van der Waals surface area contributed by atoms with E-state index in [0.29, 0.717) is 18.9 Å². The second kappa shape index (κ2) is 14.3. The molecular formula is C25H42N4O2. The molecule has 2 rings (SSSR count). The number of likely N-dealkylation sites (N-methyl/N-ethyl adjacent to an activating group) is 2. The number of amides is 1. The van der Waals surface area contributed by atoms with Gasteiger partial charge in [0.05, 0.1) is 0 Å². The minimum absolute atomic E-state index is 0.222. The van der Waals surface area contributed by atoms with E-state index in [4.69, 9.17) is 0 Å². The lowest BCUT2D eigenvalue weighted by Gasteiger charge is -2.27. The summed E-state index contributed by atoms with van der Waals surface area (Å²) in [7, 11) is 4.06. The van der Waals surface area contributed by atoms with Crippen LogP contribution in [0.3, 0.4) is 0 Å². The van der Waals surface area contributed by atoms with Gasteiger partial charge in [-0.1, -0.05) is 32.1 Å². The lowest BCUT2D eigenvalue weighted by Crippen LogP contribution is -2.36. The summed E-state index contributed by atoms with van der Waals surface area (Å²) in [6.45, 7) is 5.37. The first-order valence-electron chi connectivity index (χ1n) is 12.0. The topological polar surface area (TPSA) is 69.0 Å². The normalized spacial score (nSPS) is 16.2. The molecule has 1 aliphatic carbocycles. The van der Waals surface area contributed by atoms with E-state index in [1.54, 1.807) is 0 Å². The summed E-state index contributed by atoms with van der Waals surface area (Å²) in [5.74, 6) is 1.11. The maximum absolute atomic E-state index is 12.5. The Kier molecular flexibility index (Phi) is 11.8. The van der Waals surface area contributed by atoms with Crippen LogP contribution in [-0.4, -0.2) is 78.9 Å². The molecule has 1 fully saturated rings. The number of aliphatic hydroxyl groups is 1. The Morgan fingerprint density at radius 1 is 1.29 bits per heavy atom. The molecule has 1 aromatic rings. The second-order valence-electron chi connectivity index (χ2n) is 9.05. The molecule has 0 aliphatic heterocycles. The van der Waals surface area contributed by atoms with Crippen molar-refractivity contribution in [3.05, 3.63) is 29.6 Å². The zero-order chi connectivity index (χ0) is 22.5. The third-order valence-corrected chi connectivity index (χ3v) is 6.35. The summed E-state index contributed by atoms with van der Waals surface area (Å²) in [6.07, 6.45) is 12.2. The minimum atomic E-state index is 0.222. The molecule has 1 unspecified atom stereocenters. The van der Waals surface area contributed by atoms with Gasteiger partial charge in [-0.2, -0.15) is 0 Å². The van der Waals surface area contributed by atoms with Crippen LogP contribution in [0.5, 0.6) is 0 Å². The first-order chi connectivity index (χ1) is 15.0. The number of aryl methyl sites for hydroxylation is 1. The fourth-order valence-electron chi connectivity index (χ4n) is 4.33. The van der Waals surface area contributed by atoms with E-state index < -0.39 is 0 Å². The smallest absolute Gasteiger partial charge is 0.222 e. The van der Waals surface area contributed by atoms with Gasteiger partial charge in [-0.15, -0.1) is 0 Å². The van der Waals surface area contributed by atoms with Crippen molar-refractivity contribution in [2.75, 3.05) is 46.9 Å². The highest BCUT2D eigenvalue weighted by Gasteiger charge is 2.22. The Labute approximate surface area is 188 Å². The van der Waals surface area contributed by atoms with Crippen LogP contribution >= 0.6 is 0 Å². The van der Waals surface area contributed by atoms with Gasteiger partial charge in [-0.05, 0) is 57.5 Å². The molecule has 0 radical (unpaired) electrons. The van der Waals surface area contributed by atoms with Crippen LogP contribution in [0.25, 0.3) is 0 Å². The van der Waals surface area contributed by atoms with Crippen molar-refractivity contribution >= 4 is 12.1 Å². The number of aromatic nitrogens is 1. The van der Waals surface area contributed by atoms with Crippen LogP contribution in [0.1, 0.15) is 63.1 Å². The Bertz CT molecular complexity index is 671. The van der Waals surface area contributed by atoms with E-state index in [1.807, 2.05) is 44.4 Å². The van der Waals surface area contributed by atoms with Gasteiger partial charge < -0.3 is 14.9 Å².